The molecule has 3 N–H and O–H groups in total. The number of fused-ring (bicyclic) bond motifs is 1. The molecule has 20 nitrogen and oxygen atoms in total. The second-order valence-electron chi connectivity index (χ2n) is 20.8. The maximum Gasteiger partial charge on any atom is 0.410 e. The van der Waals surface area contributed by atoms with Crippen molar-refractivity contribution in [3.63, 3.8) is 0 Å². The molecule has 1 saturated carbocycles. The third-order valence-electron chi connectivity index (χ3n) is 14.9. The van der Waals surface area contributed by atoms with Gasteiger partial charge in [-0.15, -0.1) is 0 Å². The molecule has 0 radical (unpaired) electrons. The van der Waals surface area contributed by atoms with E-state index >= 15 is 8.78 Å². The van der Waals surface area contributed by atoms with Crippen molar-refractivity contribution in [3.05, 3.63) is 53.8 Å². The summed E-state index contributed by atoms with van der Waals surface area (Å²) < 4.78 is 72.8. The average Bonchev–Trinajstić information content (AvgIpc) is 3.62. The number of nitrogen functional groups attached to an aromatic ring is 1. The SMILES string of the molecule is CN(c1cc(F)c(N2CCN(CC3CCN(C(=O)COC(=O)N4CCC(c5cnc(-c6c(-c7nn(C(C)(C)C)c8ncnc(N)c78)noc6C6CC6(F)F)nc5)CC4)CC3)CC2)c(F)c1)C1CCC(=O)NC1=O. The van der Waals surface area contributed by atoms with Gasteiger partial charge in [0.15, 0.2) is 35.5 Å². The van der Waals surface area contributed by atoms with Crippen LogP contribution in [-0.2, 0) is 24.7 Å². The van der Waals surface area contributed by atoms with Gasteiger partial charge in [-0.3, -0.25) is 24.6 Å². The summed E-state index contributed by atoms with van der Waals surface area (Å²) in [4.78, 5) is 76.8. The normalized spacial score (nSPS) is 21.2. The summed E-state index contributed by atoms with van der Waals surface area (Å²) in [5.74, 6) is -6.18. The zero-order chi connectivity index (χ0) is 51.5. The van der Waals surface area contributed by atoms with E-state index in [0.29, 0.717) is 82.2 Å². The number of benzene rings is 1. The van der Waals surface area contributed by atoms with Gasteiger partial charge in [-0.1, -0.05) is 5.16 Å². The fraction of sp³-hybridized carbons (Fsp3) is 0.551. The van der Waals surface area contributed by atoms with Crippen molar-refractivity contribution < 1.29 is 46.0 Å². The van der Waals surface area contributed by atoms with E-state index in [0.717, 1.165) is 24.9 Å². The molecule has 5 fully saturated rings. The van der Waals surface area contributed by atoms with Crippen molar-refractivity contribution in [3.8, 4) is 22.8 Å². The molecule has 1 aliphatic carbocycles. The number of likely N-dealkylation sites (tertiary alicyclic amines) is 2. The Morgan fingerprint density at radius 3 is 2.19 bits per heavy atom. The highest BCUT2D eigenvalue weighted by Crippen LogP contribution is 2.58. The minimum absolute atomic E-state index is 0.00619. The Hall–Kier alpha value is -6.98. The summed E-state index contributed by atoms with van der Waals surface area (Å²) >= 11 is 0. The number of rotatable bonds is 11. The molecular formula is C49H58F4N14O6. The Balaban J connectivity index is 0.678. The summed E-state index contributed by atoms with van der Waals surface area (Å²) in [6, 6.07) is 1.75. The molecule has 2 unspecified atom stereocenters. The number of nitrogens with one attached hydrogen (secondary N) is 1. The van der Waals surface area contributed by atoms with E-state index < -0.39 is 53.5 Å². The van der Waals surface area contributed by atoms with Crippen LogP contribution in [0, 0.1) is 17.6 Å². The van der Waals surface area contributed by atoms with Crippen LogP contribution in [0.2, 0.25) is 0 Å². The number of alkyl halides is 2. The van der Waals surface area contributed by atoms with Gasteiger partial charge in [0.2, 0.25) is 11.8 Å². The van der Waals surface area contributed by atoms with Crippen LogP contribution in [0.3, 0.4) is 0 Å². The van der Waals surface area contributed by atoms with Crippen molar-refractivity contribution in [1.82, 2.24) is 54.9 Å². The first-order valence-corrected chi connectivity index (χ1v) is 24.8. The number of hydrogen-bond acceptors (Lipinski definition) is 16. The lowest BCUT2D eigenvalue weighted by Gasteiger charge is -2.40. The molecule has 388 valence electrons. The van der Waals surface area contributed by atoms with E-state index in [1.165, 1.54) is 23.4 Å². The molecule has 10 rings (SSSR count). The molecule has 4 aromatic heterocycles. The highest BCUT2D eigenvalue weighted by atomic mass is 19.3. The predicted molar refractivity (Wildman–Crippen MR) is 257 cm³/mol. The largest absolute Gasteiger partial charge is 0.439 e. The van der Waals surface area contributed by atoms with E-state index in [2.05, 4.69) is 35.3 Å². The van der Waals surface area contributed by atoms with E-state index in [4.69, 9.17) is 20.1 Å². The lowest BCUT2D eigenvalue weighted by molar-refractivity contribution is -0.136. The third-order valence-corrected chi connectivity index (χ3v) is 14.9. The van der Waals surface area contributed by atoms with E-state index in [-0.39, 0.29) is 82.9 Å². The number of anilines is 3. The van der Waals surface area contributed by atoms with Crippen LogP contribution >= 0.6 is 0 Å². The van der Waals surface area contributed by atoms with E-state index in [1.54, 1.807) is 38.8 Å². The first-order chi connectivity index (χ1) is 34.8. The van der Waals surface area contributed by atoms with Gasteiger partial charge in [-0.25, -0.2) is 47.0 Å². The van der Waals surface area contributed by atoms with Crippen LogP contribution in [0.5, 0.6) is 0 Å². The molecule has 5 aliphatic rings. The molecule has 4 amide bonds. The van der Waals surface area contributed by atoms with E-state index in [1.807, 2.05) is 20.8 Å². The van der Waals surface area contributed by atoms with Crippen LogP contribution in [0.25, 0.3) is 33.8 Å². The van der Waals surface area contributed by atoms with Gasteiger partial charge in [-0.2, -0.15) is 5.10 Å². The fourth-order valence-electron chi connectivity index (χ4n) is 10.6. The lowest BCUT2D eigenvalue weighted by atomic mass is 9.91. The third kappa shape index (κ3) is 9.96. The zero-order valence-corrected chi connectivity index (χ0v) is 41.1. The molecule has 8 heterocycles. The number of nitrogens with two attached hydrogens (primary N) is 1. The van der Waals surface area contributed by atoms with Gasteiger partial charge in [0.05, 0.1) is 22.4 Å². The number of imide groups is 1. The number of likely N-dealkylation sites (N-methyl/N-ethyl adjacent to an activating group) is 1. The number of ether oxygens (including phenoxy) is 1. The average molecular weight is 1020 g/mol. The van der Waals surface area contributed by atoms with Gasteiger partial charge >= 0.3 is 6.09 Å². The van der Waals surface area contributed by atoms with Crippen LogP contribution in [0.15, 0.2) is 35.4 Å². The molecule has 73 heavy (non-hydrogen) atoms. The monoisotopic (exact) mass is 1010 g/mol. The number of piperidine rings is 3. The Bertz CT molecular complexity index is 2900. The summed E-state index contributed by atoms with van der Waals surface area (Å²) in [5.41, 5.74) is 7.77. The molecule has 0 spiro atoms. The van der Waals surface area contributed by atoms with Crippen LogP contribution in [0.4, 0.5) is 39.5 Å². The molecule has 0 bridgehead atoms. The molecule has 4 aliphatic heterocycles. The number of halogens is 4. The second-order valence-corrected chi connectivity index (χ2v) is 20.8. The van der Waals surface area contributed by atoms with Gasteiger partial charge in [0.25, 0.3) is 11.8 Å². The number of piperazine rings is 1. The summed E-state index contributed by atoms with van der Waals surface area (Å²) in [6.07, 6.45) is 6.77. The molecule has 5 aromatic rings. The number of carbonyl (C=O) groups excluding carboxylic acids is 4. The standard InChI is InChI=1S/C49H58F4N14O6/c1-48(2,3)67-45-38(43(54)57-26-58-45)39(60-67)40-37(42(73-61-40)31-21-49(31,52)53)44-55-22-29(23-56-44)28-9-13-66(14-10-28)47(71)72-25-36(69)64-11-7-27(8-12-64)24-63-15-17-65(18-16-63)41-32(50)19-30(20-33(41)51)62(4)34-5-6-35(68)59-46(34)70/h19-20,22-23,26-28,31,34H,5-18,21,24-25H2,1-4H3,(H2,54,57,58)(H,59,68,70). The first-order valence-electron chi connectivity index (χ1n) is 24.8. The summed E-state index contributed by atoms with van der Waals surface area (Å²) in [5, 5.41) is 11.7. The van der Waals surface area contributed by atoms with Crippen molar-refractivity contribution in [2.45, 2.75) is 95.1 Å². The quantitative estimate of drug-likeness (QED) is 0.127. The summed E-state index contributed by atoms with van der Waals surface area (Å²) in [7, 11) is 1.58. The van der Waals surface area contributed by atoms with Crippen molar-refractivity contribution in [2.75, 3.05) is 88.1 Å². The lowest BCUT2D eigenvalue weighted by Crippen LogP contribution is -2.51. The van der Waals surface area contributed by atoms with Gasteiger partial charge in [0, 0.05) is 96.9 Å². The molecule has 2 atom stereocenters. The Labute approximate surface area is 417 Å². The number of hydrogen-bond donors (Lipinski definition) is 2. The summed E-state index contributed by atoms with van der Waals surface area (Å²) in [6.45, 7) is 10.1. The molecule has 4 saturated heterocycles. The molecular weight excluding hydrogens is 957 g/mol. The van der Waals surface area contributed by atoms with Crippen molar-refractivity contribution in [1.29, 1.82) is 0 Å². The van der Waals surface area contributed by atoms with Crippen molar-refractivity contribution in [2.24, 2.45) is 5.92 Å². The maximum absolute atomic E-state index is 15.4. The number of aromatic nitrogens is 7. The van der Waals surface area contributed by atoms with Gasteiger partial charge in [-0.05, 0) is 82.4 Å². The second kappa shape index (κ2) is 19.5. The fourth-order valence-corrected chi connectivity index (χ4v) is 10.6. The van der Waals surface area contributed by atoms with Gasteiger partial charge < -0.3 is 34.6 Å². The molecule has 1 aromatic carbocycles. The minimum Gasteiger partial charge on any atom is -0.439 e. The van der Waals surface area contributed by atoms with Crippen molar-refractivity contribution >= 4 is 52.0 Å². The Morgan fingerprint density at radius 1 is 0.904 bits per heavy atom. The molecule has 24 heteroatoms. The van der Waals surface area contributed by atoms with Gasteiger partial charge in [0.1, 0.15) is 35.3 Å². The predicted octanol–water partition coefficient (Wildman–Crippen LogP) is 5.29. The highest BCUT2D eigenvalue weighted by molar-refractivity contribution is 6.02. The zero-order valence-electron chi connectivity index (χ0n) is 41.1. The first kappa shape index (κ1) is 49.6. The highest BCUT2D eigenvalue weighted by Gasteiger charge is 2.61. The topological polar surface area (TPSA) is 227 Å². The maximum atomic E-state index is 15.4. The number of nitrogens with zero attached hydrogens (tertiary/aromatic N) is 12. The van der Waals surface area contributed by atoms with Crippen LogP contribution < -0.4 is 20.9 Å². The smallest absolute Gasteiger partial charge is 0.410 e. The van der Waals surface area contributed by atoms with E-state index in [9.17, 15) is 28.0 Å². The number of carbonyl (C=O) groups is 4. The minimum atomic E-state index is -2.97. The van der Waals surface area contributed by atoms with Crippen LogP contribution in [0.1, 0.15) is 88.9 Å². The Kier molecular flexibility index (Phi) is 13.2. The Morgan fingerprint density at radius 2 is 1.56 bits per heavy atom. The number of amides is 4. The van der Waals surface area contributed by atoms with Crippen LogP contribution in [-0.4, -0.2) is 158 Å².